The van der Waals surface area contributed by atoms with Crippen molar-refractivity contribution in [3.8, 4) is 0 Å². The van der Waals surface area contributed by atoms with Crippen LogP contribution in [0.25, 0.3) is 0 Å². The minimum atomic E-state index is -0.480. The van der Waals surface area contributed by atoms with Crippen LogP contribution >= 0.6 is 11.3 Å². The molecule has 1 N–H and O–H groups in total. The molecule has 1 aromatic heterocycles. The third-order valence-electron chi connectivity index (χ3n) is 3.87. The monoisotopic (exact) mass is 325 g/mol. The largest absolute Gasteiger partial charge is 0.444 e. The van der Waals surface area contributed by atoms with Crippen LogP contribution in [0.4, 0.5) is 4.79 Å². The SMILES string of the molecule is CCc1ccc(CC2CN(C(=O)OC(C)(C)C)CCC2O)s1. The van der Waals surface area contributed by atoms with Crippen LogP contribution in [-0.2, 0) is 17.6 Å². The second-order valence-electron chi connectivity index (χ2n) is 6.97. The molecule has 1 aromatic rings. The second kappa shape index (κ2) is 7.01. The Morgan fingerprint density at radius 3 is 2.68 bits per heavy atom. The molecule has 1 fully saturated rings. The van der Waals surface area contributed by atoms with Crippen molar-refractivity contribution in [2.45, 2.75) is 58.7 Å². The quantitative estimate of drug-likeness (QED) is 0.926. The van der Waals surface area contributed by atoms with Gasteiger partial charge in [0.15, 0.2) is 0 Å². The van der Waals surface area contributed by atoms with Crippen LogP contribution < -0.4 is 0 Å². The molecule has 124 valence electrons. The predicted molar refractivity (Wildman–Crippen MR) is 89.3 cm³/mol. The minimum Gasteiger partial charge on any atom is -0.444 e. The van der Waals surface area contributed by atoms with Gasteiger partial charge >= 0.3 is 6.09 Å². The van der Waals surface area contributed by atoms with Gasteiger partial charge in [-0.1, -0.05) is 6.92 Å². The van der Waals surface area contributed by atoms with E-state index < -0.39 is 5.60 Å². The molecule has 0 saturated carbocycles. The summed E-state index contributed by atoms with van der Waals surface area (Å²) in [4.78, 5) is 16.6. The lowest BCUT2D eigenvalue weighted by atomic mass is 9.91. The van der Waals surface area contributed by atoms with Gasteiger partial charge in [0.2, 0.25) is 0 Å². The zero-order valence-electron chi connectivity index (χ0n) is 14.0. The molecule has 2 heterocycles. The van der Waals surface area contributed by atoms with Crippen molar-refractivity contribution in [2.24, 2.45) is 5.92 Å². The zero-order valence-corrected chi connectivity index (χ0v) is 14.8. The van der Waals surface area contributed by atoms with E-state index in [9.17, 15) is 9.90 Å². The number of carbonyl (C=O) groups is 1. The van der Waals surface area contributed by atoms with Crippen molar-refractivity contribution < 1.29 is 14.6 Å². The fourth-order valence-electron chi connectivity index (χ4n) is 2.69. The molecule has 1 amide bonds. The molecule has 2 atom stereocenters. The summed E-state index contributed by atoms with van der Waals surface area (Å²) in [6, 6.07) is 4.30. The molecule has 22 heavy (non-hydrogen) atoms. The lowest BCUT2D eigenvalue weighted by Crippen LogP contribution is -2.48. The molecule has 0 radical (unpaired) electrons. The van der Waals surface area contributed by atoms with Crippen LogP contribution in [0.15, 0.2) is 12.1 Å². The number of aryl methyl sites for hydroxylation is 1. The van der Waals surface area contributed by atoms with E-state index in [2.05, 4.69) is 19.1 Å². The summed E-state index contributed by atoms with van der Waals surface area (Å²) in [5.74, 6) is 0.0876. The van der Waals surface area contributed by atoms with Crippen molar-refractivity contribution in [1.82, 2.24) is 4.90 Å². The number of likely N-dealkylation sites (tertiary alicyclic amines) is 1. The molecule has 0 bridgehead atoms. The molecular formula is C17H27NO3S. The standard InChI is InChI=1S/C17H27NO3S/c1-5-13-6-7-14(22-13)10-12-11-18(9-8-15(12)19)16(20)21-17(2,3)4/h6-7,12,15,19H,5,8-11H2,1-4H3. The molecule has 2 unspecified atom stereocenters. The summed E-state index contributed by atoms with van der Waals surface area (Å²) >= 11 is 1.80. The zero-order chi connectivity index (χ0) is 16.3. The highest BCUT2D eigenvalue weighted by Gasteiger charge is 2.32. The van der Waals surface area contributed by atoms with Crippen molar-refractivity contribution >= 4 is 17.4 Å². The molecule has 5 heteroatoms. The Balaban J connectivity index is 1.97. The number of nitrogens with zero attached hydrogens (tertiary/aromatic N) is 1. The van der Waals surface area contributed by atoms with Crippen LogP contribution in [0.2, 0.25) is 0 Å². The minimum absolute atomic E-state index is 0.0876. The van der Waals surface area contributed by atoms with Gasteiger partial charge in [0.1, 0.15) is 5.60 Å². The van der Waals surface area contributed by atoms with Gasteiger partial charge < -0.3 is 14.7 Å². The van der Waals surface area contributed by atoms with Crippen molar-refractivity contribution in [2.75, 3.05) is 13.1 Å². The average Bonchev–Trinajstić information content (AvgIpc) is 2.87. The van der Waals surface area contributed by atoms with Gasteiger partial charge in [0, 0.05) is 28.8 Å². The molecule has 0 spiro atoms. The van der Waals surface area contributed by atoms with E-state index in [0.29, 0.717) is 19.5 Å². The Morgan fingerprint density at radius 1 is 1.41 bits per heavy atom. The highest BCUT2D eigenvalue weighted by atomic mass is 32.1. The Hall–Kier alpha value is -1.07. The summed E-state index contributed by atoms with van der Waals surface area (Å²) in [6.07, 6.45) is 1.87. The first kappa shape index (κ1) is 17.3. The number of piperidine rings is 1. The molecule has 0 aromatic carbocycles. The molecule has 1 aliphatic heterocycles. The third-order valence-corrected chi connectivity index (χ3v) is 5.13. The van der Waals surface area contributed by atoms with Crippen molar-refractivity contribution in [3.05, 3.63) is 21.9 Å². The van der Waals surface area contributed by atoms with E-state index in [0.717, 1.165) is 12.8 Å². The maximum absolute atomic E-state index is 12.2. The maximum Gasteiger partial charge on any atom is 0.410 e. The van der Waals surface area contributed by atoms with Crippen molar-refractivity contribution in [1.29, 1.82) is 0 Å². The number of ether oxygens (including phenoxy) is 1. The van der Waals surface area contributed by atoms with Gasteiger partial charge in [-0.05, 0) is 52.2 Å². The summed E-state index contributed by atoms with van der Waals surface area (Å²) in [5, 5.41) is 10.3. The number of amides is 1. The lowest BCUT2D eigenvalue weighted by molar-refractivity contribution is -0.00809. The Bertz CT molecular complexity index is 506. The van der Waals surface area contributed by atoms with E-state index in [4.69, 9.17) is 4.74 Å². The fourth-order valence-corrected chi connectivity index (χ4v) is 3.74. The summed E-state index contributed by atoms with van der Waals surface area (Å²) in [6.45, 7) is 8.90. The number of hydrogen-bond acceptors (Lipinski definition) is 4. The van der Waals surface area contributed by atoms with Gasteiger partial charge in [-0.2, -0.15) is 0 Å². The van der Waals surface area contributed by atoms with E-state index in [1.807, 2.05) is 20.8 Å². The first-order valence-electron chi connectivity index (χ1n) is 8.02. The van der Waals surface area contributed by atoms with Gasteiger partial charge in [-0.25, -0.2) is 4.79 Å². The second-order valence-corrected chi connectivity index (χ2v) is 8.22. The molecule has 1 saturated heterocycles. The predicted octanol–water partition coefficient (Wildman–Crippen LogP) is 3.47. The molecule has 1 aliphatic rings. The Kier molecular flexibility index (Phi) is 5.50. The fraction of sp³-hybridized carbons (Fsp3) is 0.706. The summed E-state index contributed by atoms with van der Waals surface area (Å²) in [7, 11) is 0. The average molecular weight is 325 g/mol. The molecule has 0 aliphatic carbocycles. The maximum atomic E-state index is 12.2. The Labute approximate surface area is 137 Å². The van der Waals surface area contributed by atoms with E-state index in [-0.39, 0.29) is 18.1 Å². The highest BCUT2D eigenvalue weighted by molar-refractivity contribution is 7.11. The van der Waals surface area contributed by atoms with E-state index in [1.54, 1.807) is 16.2 Å². The van der Waals surface area contributed by atoms with E-state index >= 15 is 0 Å². The van der Waals surface area contributed by atoms with Gasteiger partial charge in [-0.15, -0.1) is 11.3 Å². The number of aliphatic hydroxyl groups is 1. The molecule has 4 nitrogen and oxygen atoms in total. The van der Waals surface area contributed by atoms with E-state index in [1.165, 1.54) is 9.75 Å². The smallest absolute Gasteiger partial charge is 0.410 e. The normalized spacial score (nSPS) is 22.7. The van der Waals surface area contributed by atoms with Crippen LogP contribution in [0.3, 0.4) is 0 Å². The molecular weight excluding hydrogens is 298 g/mol. The number of hydrogen-bond donors (Lipinski definition) is 1. The lowest BCUT2D eigenvalue weighted by Gasteiger charge is -2.36. The first-order valence-corrected chi connectivity index (χ1v) is 8.83. The topological polar surface area (TPSA) is 49.8 Å². The Morgan fingerprint density at radius 2 is 2.09 bits per heavy atom. The third kappa shape index (κ3) is 4.71. The summed E-state index contributed by atoms with van der Waals surface area (Å²) < 4.78 is 5.44. The number of carbonyl (C=O) groups excluding carboxylic acids is 1. The number of thiophene rings is 1. The highest BCUT2D eigenvalue weighted by Crippen LogP contribution is 2.26. The van der Waals surface area contributed by atoms with Gasteiger partial charge in [-0.3, -0.25) is 0 Å². The molecule has 2 rings (SSSR count). The number of aliphatic hydroxyl groups excluding tert-OH is 1. The van der Waals surface area contributed by atoms with Crippen LogP contribution in [0.5, 0.6) is 0 Å². The van der Waals surface area contributed by atoms with Crippen LogP contribution in [-0.4, -0.2) is 40.9 Å². The number of rotatable bonds is 3. The summed E-state index contributed by atoms with van der Waals surface area (Å²) in [5.41, 5.74) is -0.480. The van der Waals surface area contributed by atoms with Gasteiger partial charge in [0.25, 0.3) is 0 Å². The first-order chi connectivity index (χ1) is 10.3. The van der Waals surface area contributed by atoms with Gasteiger partial charge in [0.05, 0.1) is 6.10 Å². The van der Waals surface area contributed by atoms with Crippen LogP contribution in [0, 0.1) is 5.92 Å². The van der Waals surface area contributed by atoms with Crippen molar-refractivity contribution in [3.63, 3.8) is 0 Å². The van der Waals surface area contributed by atoms with Crippen LogP contribution in [0.1, 0.15) is 43.9 Å².